The second-order valence-electron chi connectivity index (χ2n) is 5.35. The van der Waals surface area contributed by atoms with Crippen molar-refractivity contribution >= 4 is 11.8 Å². The van der Waals surface area contributed by atoms with Crippen LogP contribution in [-0.2, 0) is 6.42 Å². The summed E-state index contributed by atoms with van der Waals surface area (Å²) >= 11 is -0.0372. The van der Waals surface area contributed by atoms with E-state index < -0.39 is 5.51 Å². The van der Waals surface area contributed by atoms with Crippen LogP contribution in [0.25, 0.3) is 0 Å². The zero-order valence-corrected chi connectivity index (χ0v) is 11.7. The lowest BCUT2D eigenvalue weighted by Crippen LogP contribution is -2.15. The summed E-state index contributed by atoms with van der Waals surface area (Å²) in [6.45, 7) is 1.84. The van der Waals surface area contributed by atoms with Gasteiger partial charge >= 0.3 is 5.51 Å². The van der Waals surface area contributed by atoms with Crippen LogP contribution in [0, 0.1) is 12.8 Å². The maximum atomic E-state index is 12.4. The summed E-state index contributed by atoms with van der Waals surface area (Å²) in [5.41, 5.74) is 3.52. The predicted molar refractivity (Wildman–Crippen MR) is 72.1 cm³/mol. The third kappa shape index (κ3) is 4.73. The zero-order chi connectivity index (χ0) is 14.0. The van der Waals surface area contributed by atoms with E-state index in [0.717, 1.165) is 36.8 Å². The zero-order valence-electron chi connectivity index (χ0n) is 10.8. The second kappa shape index (κ2) is 5.75. The highest BCUT2D eigenvalue weighted by atomic mass is 32.2. The van der Waals surface area contributed by atoms with Gasteiger partial charge in [0.05, 0.1) is 0 Å². The summed E-state index contributed by atoms with van der Waals surface area (Å²) in [7, 11) is 0. The molecule has 1 aromatic rings. The smallest absolute Gasteiger partial charge is 0.328 e. The fourth-order valence-electron chi connectivity index (χ4n) is 2.77. The molecule has 0 radical (unpaired) electrons. The molecule has 2 unspecified atom stereocenters. The number of alkyl halides is 3. The minimum Gasteiger partial charge on any atom is -0.328 e. The van der Waals surface area contributed by atoms with Gasteiger partial charge in [0, 0.05) is 10.9 Å². The van der Waals surface area contributed by atoms with Gasteiger partial charge in [-0.15, -0.1) is 0 Å². The molecule has 2 rings (SSSR count). The van der Waals surface area contributed by atoms with Crippen LogP contribution in [0.4, 0.5) is 13.2 Å². The molecule has 1 aliphatic carbocycles. The Morgan fingerprint density at radius 1 is 1.26 bits per heavy atom. The van der Waals surface area contributed by atoms with Crippen molar-refractivity contribution in [3.63, 3.8) is 0 Å². The van der Waals surface area contributed by atoms with E-state index in [2.05, 4.69) is 0 Å². The quantitative estimate of drug-likeness (QED) is 0.841. The maximum Gasteiger partial charge on any atom is 0.446 e. The molecule has 1 aliphatic rings. The summed E-state index contributed by atoms with van der Waals surface area (Å²) in [6.07, 6.45) is 3.92. The molecule has 19 heavy (non-hydrogen) atoms. The fraction of sp³-hybridized carbons (Fsp3) is 0.571. The minimum absolute atomic E-state index is 0.0372. The van der Waals surface area contributed by atoms with Crippen molar-refractivity contribution in [3.8, 4) is 0 Å². The third-order valence-corrected chi connectivity index (χ3v) is 4.15. The van der Waals surface area contributed by atoms with Crippen molar-refractivity contribution < 1.29 is 13.2 Å². The molecule has 1 saturated carbocycles. The van der Waals surface area contributed by atoms with Crippen LogP contribution < -0.4 is 5.73 Å². The van der Waals surface area contributed by atoms with E-state index in [1.165, 1.54) is 0 Å². The topological polar surface area (TPSA) is 26.0 Å². The van der Waals surface area contributed by atoms with Crippen LogP contribution in [0.1, 0.15) is 30.4 Å². The van der Waals surface area contributed by atoms with E-state index in [4.69, 9.17) is 5.73 Å². The van der Waals surface area contributed by atoms with Gasteiger partial charge in [0.2, 0.25) is 0 Å². The Balaban J connectivity index is 2.08. The summed E-state index contributed by atoms with van der Waals surface area (Å²) in [6, 6.07) is 5.49. The minimum atomic E-state index is -4.22. The molecular formula is C14H18F3NS. The average molecular weight is 289 g/mol. The van der Waals surface area contributed by atoms with E-state index in [-0.39, 0.29) is 22.7 Å². The van der Waals surface area contributed by atoms with Gasteiger partial charge < -0.3 is 5.73 Å². The molecule has 2 atom stereocenters. The van der Waals surface area contributed by atoms with Crippen LogP contribution in [0.15, 0.2) is 23.1 Å². The van der Waals surface area contributed by atoms with Crippen molar-refractivity contribution in [2.45, 2.75) is 49.1 Å². The highest BCUT2D eigenvalue weighted by Crippen LogP contribution is 2.38. The summed E-state index contributed by atoms with van der Waals surface area (Å²) in [4.78, 5) is 0.282. The van der Waals surface area contributed by atoms with Gasteiger partial charge in [-0.3, -0.25) is 0 Å². The van der Waals surface area contributed by atoms with Gasteiger partial charge in [-0.05, 0) is 73.5 Å². The standard InChI is InChI=1S/C14H18F3NS/c1-9-4-11(6-10-2-3-12(18)7-10)8-13(5-9)19-14(15,16)17/h4-5,8,10,12H,2-3,6-7,18H2,1H3. The highest BCUT2D eigenvalue weighted by molar-refractivity contribution is 8.00. The number of aryl methyl sites for hydroxylation is 1. The number of benzene rings is 1. The first-order valence-corrected chi connectivity index (χ1v) is 7.25. The van der Waals surface area contributed by atoms with Gasteiger partial charge in [-0.25, -0.2) is 0 Å². The molecule has 0 heterocycles. The Morgan fingerprint density at radius 2 is 2.00 bits per heavy atom. The fourth-order valence-corrected chi connectivity index (χ4v) is 3.49. The lowest BCUT2D eigenvalue weighted by Gasteiger charge is -2.13. The molecule has 1 aromatic carbocycles. The van der Waals surface area contributed by atoms with Crippen molar-refractivity contribution in [3.05, 3.63) is 29.3 Å². The van der Waals surface area contributed by atoms with E-state index >= 15 is 0 Å². The number of thioether (sulfide) groups is 1. The number of halogens is 3. The first-order chi connectivity index (χ1) is 8.82. The molecular weight excluding hydrogens is 271 g/mol. The Bertz CT molecular complexity index is 445. The van der Waals surface area contributed by atoms with Gasteiger partial charge in [-0.2, -0.15) is 13.2 Å². The maximum absolute atomic E-state index is 12.4. The van der Waals surface area contributed by atoms with Crippen LogP contribution in [0.2, 0.25) is 0 Å². The van der Waals surface area contributed by atoms with Crippen LogP contribution in [0.3, 0.4) is 0 Å². The first-order valence-electron chi connectivity index (χ1n) is 6.44. The van der Waals surface area contributed by atoms with E-state index in [9.17, 15) is 13.2 Å². The molecule has 5 heteroatoms. The first kappa shape index (κ1) is 14.7. The monoisotopic (exact) mass is 289 g/mol. The van der Waals surface area contributed by atoms with Gasteiger partial charge in [-0.1, -0.05) is 6.07 Å². The SMILES string of the molecule is Cc1cc(CC2CCC(N)C2)cc(SC(F)(F)F)c1. The Morgan fingerprint density at radius 3 is 2.58 bits per heavy atom. The van der Waals surface area contributed by atoms with Crippen molar-refractivity contribution in [2.24, 2.45) is 11.7 Å². The number of rotatable bonds is 3. The molecule has 0 saturated heterocycles. The second-order valence-corrected chi connectivity index (χ2v) is 6.48. The van der Waals surface area contributed by atoms with Crippen molar-refractivity contribution in [1.29, 1.82) is 0 Å². The normalized spacial score (nSPS) is 23.8. The van der Waals surface area contributed by atoms with E-state index in [0.29, 0.717) is 5.92 Å². The average Bonchev–Trinajstić information content (AvgIpc) is 2.60. The lowest BCUT2D eigenvalue weighted by molar-refractivity contribution is -0.0328. The van der Waals surface area contributed by atoms with E-state index in [1.54, 1.807) is 12.1 Å². The summed E-state index contributed by atoms with van der Waals surface area (Å²) in [5, 5.41) is 0. The molecule has 0 amide bonds. The molecule has 1 fully saturated rings. The highest BCUT2D eigenvalue weighted by Gasteiger charge is 2.29. The largest absolute Gasteiger partial charge is 0.446 e. The molecule has 106 valence electrons. The van der Waals surface area contributed by atoms with Crippen LogP contribution in [0.5, 0.6) is 0 Å². The summed E-state index contributed by atoms with van der Waals surface area (Å²) < 4.78 is 37.2. The summed E-state index contributed by atoms with van der Waals surface area (Å²) in [5.74, 6) is 0.514. The molecule has 0 aliphatic heterocycles. The molecule has 2 N–H and O–H groups in total. The van der Waals surface area contributed by atoms with Crippen LogP contribution >= 0.6 is 11.8 Å². The van der Waals surface area contributed by atoms with Gasteiger partial charge in [0.1, 0.15) is 0 Å². The van der Waals surface area contributed by atoms with E-state index in [1.807, 2.05) is 13.0 Å². The van der Waals surface area contributed by atoms with Crippen molar-refractivity contribution in [1.82, 2.24) is 0 Å². The molecule has 1 nitrogen and oxygen atoms in total. The van der Waals surface area contributed by atoms with Crippen LogP contribution in [-0.4, -0.2) is 11.6 Å². The van der Waals surface area contributed by atoms with Gasteiger partial charge in [0.15, 0.2) is 0 Å². The van der Waals surface area contributed by atoms with Crippen molar-refractivity contribution in [2.75, 3.05) is 0 Å². The predicted octanol–water partition coefficient (Wildman–Crippen LogP) is 4.28. The number of hydrogen-bond acceptors (Lipinski definition) is 2. The Kier molecular flexibility index (Phi) is 4.46. The lowest BCUT2D eigenvalue weighted by atomic mass is 9.97. The Labute approximate surface area is 115 Å². The third-order valence-electron chi connectivity index (χ3n) is 3.45. The Hall–Kier alpha value is -0.680. The molecule has 0 spiro atoms. The number of nitrogens with two attached hydrogens (primary N) is 1. The molecule has 0 aromatic heterocycles. The van der Waals surface area contributed by atoms with Gasteiger partial charge in [0.25, 0.3) is 0 Å². The molecule has 0 bridgehead atoms. The number of hydrogen-bond donors (Lipinski definition) is 1.